The van der Waals surface area contributed by atoms with Crippen molar-refractivity contribution in [3.05, 3.63) is 227 Å². The van der Waals surface area contributed by atoms with Crippen LogP contribution in [0.25, 0.3) is 0 Å². The third kappa shape index (κ3) is 14.1. The number of carbonyl (C=O) groups excluding carboxylic acids is 5. The van der Waals surface area contributed by atoms with Crippen molar-refractivity contribution in [3.63, 3.8) is 0 Å². The van der Waals surface area contributed by atoms with E-state index in [4.69, 9.17) is 47.4 Å². The summed E-state index contributed by atoms with van der Waals surface area (Å²) in [5.41, 5.74) is 2.12. The molecule has 2 aliphatic heterocycles. The zero-order valence-electron chi connectivity index (χ0n) is 58.9. The molecule has 0 spiro atoms. The molecule has 2 heterocycles. The molecule has 6 aromatic rings. The summed E-state index contributed by atoms with van der Waals surface area (Å²) in [6, 6.07) is 51.9. The molecule has 0 radical (unpaired) electrons. The Morgan fingerprint density at radius 2 is 0.980 bits per heavy atom. The average Bonchev–Trinajstić information content (AvgIpc) is 0.676. The first kappa shape index (κ1) is 71.5. The summed E-state index contributed by atoms with van der Waals surface area (Å²) in [6.07, 6.45) is -5.35. The van der Waals surface area contributed by atoms with Crippen molar-refractivity contribution in [3.8, 4) is 0 Å². The predicted octanol–water partition coefficient (Wildman–Crippen LogP) is 14.2. The Bertz CT molecular complexity index is 3890. The van der Waals surface area contributed by atoms with E-state index < -0.39 is 115 Å². The van der Waals surface area contributed by atoms with E-state index in [9.17, 15) is 34.2 Å². The number of carbonyl (C=O) groups is 5. The molecule has 17 nitrogen and oxygen atoms in total. The van der Waals surface area contributed by atoms with Crippen LogP contribution in [-0.4, -0.2) is 121 Å². The van der Waals surface area contributed by atoms with Crippen LogP contribution in [-0.2, 0) is 65.4 Å². The number of allylic oxidation sites excluding steroid dienone is 2. The normalized spacial score (nSPS) is 33.8. The quantitative estimate of drug-likeness (QED) is 0.0314. The standard InChI is InChI=1S/C84H96O17/c1-79(2)44-46-84(78(91)94-51-54-28-16-9-17-29-54)47-45-82(6)59(60(84)48-79)38-39-64-81(5)42-41-65(80(3,4)63(81)40-43-83(64,82)7)97-76-70(68(66(86)61(49-85)95-76)92-50-53-26-14-8-15-27-53)101-77-71(100-75(90)58-36-24-13-25-37-58)69(99-74(89)57-34-22-12-23-35-57)67(98-73(88)56-32-20-11-21-33-56)62(96-77)52-93-72(87)55-30-18-10-19-31-55/h8-38,60-71,76-77,85-86H,39-52H2,1-7H3/t60-,61+,62+,63-,64+,65-,66+,67+,68-,69-,70+,71+,76-,77-,81-,82+,83+,84-/m0/s1. The van der Waals surface area contributed by atoms with Gasteiger partial charge in [-0.2, -0.15) is 0 Å². The largest absolute Gasteiger partial charge is 0.460 e. The van der Waals surface area contributed by atoms with Crippen LogP contribution in [0.15, 0.2) is 194 Å². The maximum Gasteiger partial charge on any atom is 0.338 e. The van der Waals surface area contributed by atoms with E-state index in [1.807, 2.05) is 60.7 Å². The van der Waals surface area contributed by atoms with Gasteiger partial charge >= 0.3 is 29.8 Å². The molecule has 6 fully saturated rings. The van der Waals surface area contributed by atoms with E-state index >= 15 is 0 Å². The predicted molar refractivity (Wildman–Crippen MR) is 374 cm³/mol. The highest BCUT2D eigenvalue weighted by molar-refractivity contribution is 5.92. The summed E-state index contributed by atoms with van der Waals surface area (Å²) < 4.78 is 67.1. The lowest BCUT2D eigenvalue weighted by Crippen LogP contribution is -2.68. The molecule has 7 aliphatic rings. The van der Waals surface area contributed by atoms with E-state index in [0.29, 0.717) is 6.42 Å². The van der Waals surface area contributed by atoms with Crippen LogP contribution >= 0.6 is 0 Å². The van der Waals surface area contributed by atoms with Gasteiger partial charge in [0.25, 0.3) is 0 Å². The van der Waals surface area contributed by atoms with Gasteiger partial charge in [0.2, 0.25) is 0 Å². The van der Waals surface area contributed by atoms with Gasteiger partial charge in [0.15, 0.2) is 30.9 Å². The van der Waals surface area contributed by atoms with Crippen molar-refractivity contribution in [2.75, 3.05) is 13.2 Å². The topological polar surface area (TPSA) is 218 Å². The van der Waals surface area contributed by atoms with Crippen LogP contribution in [0.4, 0.5) is 0 Å². The Morgan fingerprint density at radius 1 is 0.485 bits per heavy atom. The number of ether oxygens (including phenoxy) is 10. The first-order valence-corrected chi connectivity index (χ1v) is 36.0. The maximum absolute atomic E-state index is 14.8. The molecule has 534 valence electrons. The average molecular weight is 1380 g/mol. The summed E-state index contributed by atoms with van der Waals surface area (Å²) in [7, 11) is 0. The second-order valence-electron chi connectivity index (χ2n) is 31.2. The highest BCUT2D eigenvalue weighted by Gasteiger charge is 2.70. The van der Waals surface area contributed by atoms with Crippen LogP contribution in [0, 0.1) is 50.2 Å². The number of aliphatic hydroxyl groups is 2. The Balaban J connectivity index is 0.854. The second-order valence-corrected chi connectivity index (χ2v) is 31.2. The number of aliphatic hydroxyl groups excluding tert-OH is 2. The number of hydrogen-bond acceptors (Lipinski definition) is 17. The Kier molecular flexibility index (Phi) is 20.9. The third-order valence-electron chi connectivity index (χ3n) is 24.6. The smallest absolute Gasteiger partial charge is 0.338 e. The molecule has 17 heteroatoms. The lowest BCUT2D eigenvalue weighted by Gasteiger charge is -2.71. The van der Waals surface area contributed by atoms with Crippen molar-refractivity contribution in [2.24, 2.45) is 50.2 Å². The molecule has 18 atom stereocenters. The molecule has 2 N–H and O–H groups in total. The molecule has 2 saturated heterocycles. The van der Waals surface area contributed by atoms with Crippen LogP contribution in [0.3, 0.4) is 0 Å². The second kappa shape index (κ2) is 29.5. The van der Waals surface area contributed by atoms with Crippen LogP contribution in [0.2, 0.25) is 0 Å². The summed E-state index contributed by atoms with van der Waals surface area (Å²) in [6.45, 7) is 15.7. The van der Waals surface area contributed by atoms with Crippen molar-refractivity contribution in [1.82, 2.24) is 0 Å². The SMILES string of the molecule is CC1(C)CC[C@]2(C(=O)OCc3ccccc3)CC[C@]3(C)C(=CC[C@@H]4[C@@]5(C)CC[C@H](O[C@@H]6O[C@H](CO)[C@@H](O)[C@H](OCc7ccccc7)[C@H]6O[C@@H]6O[C@H](COC(=O)c7ccccc7)[C@@H](OC(=O)c7ccccc7)[C@H](OC(=O)c7ccccc7)[C@H]6OC(=O)c6ccccc6)C(C)(C)[C@@H]5CC[C@]43C)[C@@H]2C1. The number of hydrogen-bond donors (Lipinski definition) is 2. The molecule has 0 unspecified atom stereocenters. The van der Waals surface area contributed by atoms with Crippen LogP contribution in [0.1, 0.15) is 165 Å². The van der Waals surface area contributed by atoms with Gasteiger partial charge in [-0.3, -0.25) is 4.79 Å². The highest BCUT2D eigenvalue weighted by atomic mass is 16.8. The fourth-order valence-electron chi connectivity index (χ4n) is 18.9. The van der Waals surface area contributed by atoms with Crippen LogP contribution < -0.4 is 0 Å². The first-order chi connectivity index (χ1) is 48.6. The zero-order chi connectivity index (χ0) is 70.9. The van der Waals surface area contributed by atoms with Gasteiger partial charge < -0.3 is 57.6 Å². The fourth-order valence-corrected chi connectivity index (χ4v) is 18.9. The van der Waals surface area contributed by atoms with Gasteiger partial charge in [-0.25, -0.2) is 19.2 Å². The summed E-state index contributed by atoms with van der Waals surface area (Å²) in [5.74, 6) is -3.03. The lowest BCUT2D eigenvalue weighted by molar-refractivity contribution is -0.380. The Morgan fingerprint density at radius 3 is 1.54 bits per heavy atom. The minimum atomic E-state index is -1.85. The first-order valence-electron chi connectivity index (χ1n) is 36.0. The molecule has 13 rings (SSSR count). The van der Waals surface area contributed by atoms with E-state index in [1.54, 1.807) is 109 Å². The number of fused-ring (bicyclic) bond motifs is 7. The van der Waals surface area contributed by atoms with Crippen molar-refractivity contribution in [1.29, 1.82) is 0 Å². The highest BCUT2D eigenvalue weighted by Crippen LogP contribution is 2.76. The molecule has 0 amide bonds. The minimum Gasteiger partial charge on any atom is -0.460 e. The lowest BCUT2D eigenvalue weighted by atomic mass is 9.33. The van der Waals surface area contributed by atoms with Crippen molar-refractivity contribution >= 4 is 29.8 Å². The molecule has 6 aromatic carbocycles. The van der Waals surface area contributed by atoms with Crippen LogP contribution in [0.5, 0.6) is 0 Å². The Hall–Kier alpha value is -7.87. The minimum absolute atomic E-state index is 0.0519. The molecule has 5 aliphatic carbocycles. The molecule has 0 bridgehead atoms. The van der Waals surface area contributed by atoms with Crippen molar-refractivity contribution in [2.45, 2.75) is 193 Å². The van der Waals surface area contributed by atoms with Gasteiger partial charge in [-0.1, -0.05) is 194 Å². The third-order valence-corrected chi connectivity index (χ3v) is 24.6. The Labute approximate surface area is 592 Å². The maximum atomic E-state index is 14.8. The summed E-state index contributed by atoms with van der Waals surface area (Å²) in [5, 5.41) is 23.8. The summed E-state index contributed by atoms with van der Waals surface area (Å²) >= 11 is 0. The number of rotatable bonds is 20. The number of esters is 5. The molecular formula is C84H96O17. The zero-order valence-corrected chi connectivity index (χ0v) is 58.9. The molecule has 0 aromatic heterocycles. The van der Waals surface area contributed by atoms with Gasteiger partial charge in [-0.05, 0) is 169 Å². The van der Waals surface area contributed by atoms with E-state index in [1.165, 1.54) is 17.7 Å². The van der Waals surface area contributed by atoms with Gasteiger partial charge in [-0.15, -0.1) is 0 Å². The molecular weight excluding hydrogens is 1280 g/mol. The van der Waals surface area contributed by atoms with Gasteiger partial charge in [0, 0.05) is 0 Å². The molecule has 101 heavy (non-hydrogen) atoms. The fraction of sp³-hybridized carbons (Fsp3) is 0.488. The number of benzene rings is 6. The van der Waals surface area contributed by atoms with E-state index in [-0.39, 0.29) is 80.9 Å². The summed E-state index contributed by atoms with van der Waals surface area (Å²) in [4.78, 5) is 72.9. The van der Waals surface area contributed by atoms with Gasteiger partial charge in [0.1, 0.15) is 43.7 Å². The van der Waals surface area contributed by atoms with E-state index in [0.717, 1.165) is 68.9 Å². The monoisotopic (exact) mass is 1380 g/mol. The molecule has 4 saturated carbocycles. The van der Waals surface area contributed by atoms with Crippen molar-refractivity contribution < 1.29 is 81.6 Å². The van der Waals surface area contributed by atoms with Gasteiger partial charge in [0.05, 0.1) is 47.0 Å². The van der Waals surface area contributed by atoms with E-state index in [2.05, 4.69) is 54.5 Å².